The number of carboxylic acid groups (broad SMARTS) is 2. The molecule has 2 unspecified atom stereocenters. The zero-order chi connectivity index (χ0) is 21.8. The average Bonchev–Trinajstić information content (AvgIpc) is 3.22. The van der Waals surface area contributed by atoms with Gasteiger partial charge in [0, 0.05) is 12.1 Å². The van der Waals surface area contributed by atoms with E-state index in [9.17, 15) is 24.6 Å². The third-order valence-electron chi connectivity index (χ3n) is 7.65. The van der Waals surface area contributed by atoms with Gasteiger partial charge in [0.25, 0.3) is 0 Å². The largest absolute Gasteiger partial charge is 0.481 e. The maximum Gasteiger partial charge on any atom is 0.319 e. The van der Waals surface area contributed by atoms with Crippen molar-refractivity contribution in [1.29, 1.82) is 0 Å². The first kappa shape index (κ1) is 20.8. The van der Waals surface area contributed by atoms with Crippen LogP contribution in [-0.4, -0.2) is 52.6 Å². The molecule has 1 aliphatic carbocycles. The van der Waals surface area contributed by atoms with Gasteiger partial charge in [0.15, 0.2) is 5.79 Å². The molecule has 0 radical (unpaired) electrons. The van der Waals surface area contributed by atoms with Crippen LogP contribution in [0.1, 0.15) is 46.0 Å². The minimum absolute atomic E-state index is 0.0387. The number of ether oxygens (including phenoxy) is 2. The number of anilines is 1. The lowest BCUT2D eigenvalue weighted by Gasteiger charge is -2.66. The molecular weight excluding hydrogens is 390 g/mol. The molecule has 4 rings (SSSR count). The first-order valence-corrected chi connectivity index (χ1v) is 10.4. The summed E-state index contributed by atoms with van der Waals surface area (Å²) in [5.74, 6) is -4.52. The van der Waals surface area contributed by atoms with Gasteiger partial charge in [0.2, 0.25) is 5.91 Å². The van der Waals surface area contributed by atoms with Gasteiger partial charge >= 0.3 is 11.9 Å². The Morgan fingerprint density at radius 1 is 1.00 bits per heavy atom. The van der Waals surface area contributed by atoms with Crippen LogP contribution in [0.4, 0.5) is 5.69 Å². The molecule has 0 aromatic heterocycles. The number of hydrogen-bond donors (Lipinski definition) is 2. The molecule has 3 aliphatic rings. The monoisotopic (exact) mass is 417 g/mol. The summed E-state index contributed by atoms with van der Waals surface area (Å²) in [7, 11) is 0. The molecule has 2 aliphatic heterocycles. The van der Waals surface area contributed by atoms with Crippen molar-refractivity contribution in [2.45, 2.75) is 57.3 Å². The summed E-state index contributed by atoms with van der Waals surface area (Å²) in [4.78, 5) is 41.0. The third kappa shape index (κ3) is 2.21. The van der Waals surface area contributed by atoms with Crippen molar-refractivity contribution < 1.29 is 34.1 Å². The number of rotatable bonds is 5. The molecule has 1 aromatic rings. The van der Waals surface area contributed by atoms with Crippen molar-refractivity contribution in [1.82, 2.24) is 0 Å². The number of benzene rings is 1. The predicted octanol–water partition coefficient (Wildman–Crippen LogP) is 2.66. The Morgan fingerprint density at radius 2 is 1.60 bits per heavy atom. The summed E-state index contributed by atoms with van der Waals surface area (Å²) in [5, 5.41) is 20.9. The van der Waals surface area contributed by atoms with E-state index in [2.05, 4.69) is 0 Å². The van der Waals surface area contributed by atoms with Crippen LogP contribution in [0, 0.1) is 10.8 Å². The second kappa shape index (κ2) is 6.78. The Kier molecular flexibility index (Phi) is 4.70. The van der Waals surface area contributed by atoms with Crippen LogP contribution in [0.3, 0.4) is 0 Å². The summed E-state index contributed by atoms with van der Waals surface area (Å²) in [6.45, 7) is 4.14. The minimum Gasteiger partial charge on any atom is -0.481 e. The maximum atomic E-state index is 13.9. The number of aliphatic carboxylic acids is 2. The first-order chi connectivity index (χ1) is 14.3. The smallest absolute Gasteiger partial charge is 0.319 e. The van der Waals surface area contributed by atoms with Crippen LogP contribution >= 0.6 is 0 Å². The van der Waals surface area contributed by atoms with E-state index in [1.807, 2.05) is 13.8 Å². The Hall–Kier alpha value is -2.45. The van der Waals surface area contributed by atoms with E-state index in [0.717, 1.165) is 0 Å². The van der Waals surface area contributed by atoms with Crippen molar-refractivity contribution in [3.63, 3.8) is 0 Å². The quantitative estimate of drug-likeness (QED) is 0.708. The van der Waals surface area contributed by atoms with Crippen molar-refractivity contribution in [2.75, 3.05) is 18.1 Å². The number of carbonyl (C=O) groups excluding carboxylic acids is 1. The summed E-state index contributed by atoms with van der Waals surface area (Å²) in [5.41, 5.74) is -4.32. The van der Waals surface area contributed by atoms with E-state index >= 15 is 0 Å². The van der Waals surface area contributed by atoms with Gasteiger partial charge in [-0.15, -0.1) is 0 Å². The van der Waals surface area contributed by atoms with E-state index in [1.165, 1.54) is 4.90 Å². The van der Waals surface area contributed by atoms with Crippen LogP contribution in [-0.2, 0) is 23.9 Å². The van der Waals surface area contributed by atoms with Crippen LogP contribution in [0.2, 0.25) is 0 Å². The SMILES string of the molecule is CCC1(CC)N(c2ccccc2)C(=O)C2(C(=O)O)CCC3(OCCO3)C1(C(=O)O)C2. The van der Waals surface area contributed by atoms with Crippen molar-refractivity contribution >= 4 is 23.5 Å². The summed E-state index contributed by atoms with van der Waals surface area (Å²) < 4.78 is 12.0. The standard InChI is InChI=1S/C22H27NO7/c1-3-20(4-2)21(18(27)28)14-19(17(25)26,10-11-22(21)29-12-13-30-22)16(24)23(20)15-8-6-5-7-9-15/h5-9H,3-4,10-14H2,1-2H3,(H,25,26)(H,27,28). The van der Waals surface area contributed by atoms with E-state index in [4.69, 9.17) is 9.47 Å². The van der Waals surface area contributed by atoms with Gasteiger partial charge in [-0.2, -0.15) is 0 Å². The molecule has 2 saturated heterocycles. The van der Waals surface area contributed by atoms with Crippen molar-refractivity contribution in [3.05, 3.63) is 30.3 Å². The lowest BCUT2D eigenvalue weighted by Crippen LogP contribution is -2.81. The second-order valence-electron chi connectivity index (χ2n) is 8.44. The highest BCUT2D eigenvalue weighted by Crippen LogP contribution is 2.67. The number of carbonyl (C=O) groups is 3. The number of fused-ring (bicyclic) bond motifs is 3. The molecule has 162 valence electrons. The molecule has 1 amide bonds. The summed E-state index contributed by atoms with van der Waals surface area (Å²) in [6.07, 6.45) is 0.264. The van der Waals surface area contributed by atoms with E-state index < -0.39 is 40.0 Å². The number of hydrogen-bond acceptors (Lipinski definition) is 5. The molecule has 8 heteroatoms. The van der Waals surface area contributed by atoms with Crippen LogP contribution in [0.25, 0.3) is 0 Å². The lowest BCUT2D eigenvalue weighted by molar-refractivity contribution is -0.293. The highest BCUT2D eigenvalue weighted by molar-refractivity contribution is 6.13. The summed E-state index contributed by atoms with van der Waals surface area (Å²) in [6, 6.07) is 8.73. The van der Waals surface area contributed by atoms with Gasteiger partial charge in [-0.3, -0.25) is 14.4 Å². The molecule has 2 bridgehead atoms. The number of para-hydroxylation sites is 1. The van der Waals surface area contributed by atoms with E-state index in [1.54, 1.807) is 30.3 Å². The van der Waals surface area contributed by atoms with Crippen molar-refractivity contribution in [3.8, 4) is 0 Å². The first-order valence-electron chi connectivity index (χ1n) is 10.4. The van der Waals surface area contributed by atoms with Gasteiger partial charge in [0.05, 0.1) is 18.8 Å². The lowest BCUT2D eigenvalue weighted by atomic mass is 9.46. The molecule has 1 aromatic carbocycles. The van der Waals surface area contributed by atoms with E-state index in [-0.39, 0.29) is 32.5 Å². The van der Waals surface area contributed by atoms with Crippen LogP contribution in [0.15, 0.2) is 30.3 Å². The zero-order valence-electron chi connectivity index (χ0n) is 17.2. The number of amides is 1. The van der Waals surface area contributed by atoms with Gasteiger partial charge in [-0.1, -0.05) is 32.0 Å². The number of nitrogens with zero attached hydrogens (tertiary/aromatic N) is 1. The summed E-state index contributed by atoms with van der Waals surface area (Å²) >= 11 is 0. The average molecular weight is 417 g/mol. The normalized spacial score (nSPS) is 31.7. The molecule has 1 saturated carbocycles. The molecule has 1 spiro atoms. The number of carboxylic acids is 2. The Balaban J connectivity index is 2.09. The molecule has 2 heterocycles. The van der Waals surface area contributed by atoms with Crippen LogP contribution in [0.5, 0.6) is 0 Å². The Labute approximate surface area is 174 Å². The highest BCUT2D eigenvalue weighted by atomic mass is 16.7. The van der Waals surface area contributed by atoms with Gasteiger partial charge in [0.1, 0.15) is 10.8 Å². The van der Waals surface area contributed by atoms with Crippen LogP contribution < -0.4 is 4.90 Å². The highest BCUT2D eigenvalue weighted by Gasteiger charge is 2.81. The third-order valence-corrected chi connectivity index (χ3v) is 7.65. The predicted molar refractivity (Wildman–Crippen MR) is 106 cm³/mol. The molecule has 3 fully saturated rings. The Morgan fingerprint density at radius 3 is 2.10 bits per heavy atom. The zero-order valence-corrected chi connectivity index (χ0v) is 17.2. The fourth-order valence-corrected chi connectivity index (χ4v) is 6.24. The fourth-order valence-electron chi connectivity index (χ4n) is 6.24. The maximum absolute atomic E-state index is 13.9. The number of piperidine rings is 1. The van der Waals surface area contributed by atoms with Crippen molar-refractivity contribution in [2.24, 2.45) is 10.8 Å². The molecule has 2 atom stereocenters. The second-order valence-corrected chi connectivity index (χ2v) is 8.44. The minimum atomic E-state index is -1.84. The molecule has 30 heavy (non-hydrogen) atoms. The molecule has 8 nitrogen and oxygen atoms in total. The van der Waals surface area contributed by atoms with E-state index in [0.29, 0.717) is 18.5 Å². The van der Waals surface area contributed by atoms with Gasteiger partial charge in [-0.05, 0) is 37.8 Å². The molecular formula is C22H27NO7. The topological polar surface area (TPSA) is 113 Å². The molecule has 2 N–H and O–H groups in total. The van der Waals surface area contributed by atoms with Gasteiger partial charge < -0.3 is 24.6 Å². The Bertz CT molecular complexity index is 875. The van der Waals surface area contributed by atoms with Gasteiger partial charge in [-0.25, -0.2) is 0 Å². The fraction of sp³-hybridized carbons (Fsp3) is 0.591.